The molecule has 0 saturated heterocycles. The quantitative estimate of drug-likeness (QED) is 0.482. The first kappa shape index (κ1) is 5.80. The van der Waals surface area contributed by atoms with Gasteiger partial charge in [-0.1, -0.05) is 6.92 Å². The van der Waals surface area contributed by atoms with Crippen molar-refractivity contribution in [3.8, 4) is 0 Å². The molecule has 1 aliphatic carbocycles. The summed E-state index contributed by atoms with van der Waals surface area (Å²) < 4.78 is 0. The third-order valence-corrected chi connectivity index (χ3v) is 1.70. The molecule has 0 spiro atoms. The normalized spacial score (nSPS) is 21.5. The lowest BCUT2D eigenvalue weighted by atomic mass is 10.2. The number of nitrogens with zero attached hydrogens (tertiary/aromatic N) is 1. The topological polar surface area (TPSA) is 12.4 Å². The number of rotatable bonds is 2. The Morgan fingerprint density at radius 3 is 2.38 bits per heavy atom. The van der Waals surface area contributed by atoms with E-state index in [-0.39, 0.29) is 0 Å². The van der Waals surface area contributed by atoms with Gasteiger partial charge in [-0.05, 0) is 25.2 Å². The van der Waals surface area contributed by atoms with Crippen LogP contribution in [0.3, 0.4) is 0 Å². The summed E-state index contributed by atoms with van der Waals surface area (Å²) in [5, 5.41) is 0. The highest BCUT2D eigenvalue weighted by atomic mass is 14.7. The number of hydrogen-bond acceptors (Lipinski definition) is 1. The van der Waals surface area contributed by atoms with Crippen LogP contribution in [0.15, 0.2) is 4.99 Å². The molecule has 0 aromatic carbocycles. The molecule has 0 radical (unpaired) electrons. The van der Waals surface area contributed by atoms with E-state index in [0.717, 1.165) is 12.3 Å². The average molecular weight is 111 g/mol. The second-order valence-corrected chi connectivity index (χ2v) is 2.34. The molecule has 0 amide bonds. The summed E-state index contributed by atoms with van der Waals surface area (Å²) in [4.78, 5) is 4.19. The second kappa shape index (κ2) is 2.29. The third-order valence-electron chi connectivity index (χ3n) is 1.70. The Bertz CT molecular complexity index is 101. The lowest BCUT2D eigenvalue weighted by Gasteiger charge is -1.94. The van der Waals surface area contributed by atoms with Crippen LogP contribution in [0.4, 0.5) is 0 Å². The molecular weight excluding hydrogens is 98.1 g/mol. The van der Waals surface area contributed by atoms with E-state index >= 15 is 0 Å². The SMILES string of the molecule is CC/C(=N/C)C1CC1. The molecular formula is C7H13N. The molecule has 1 aliphatic rings. The summed E-state index contributed by atoms with van der Waals surface area (Å²) in [5.74, 6) is 0.880. The number of aliphatic imine (C=N–C) groups is 1. The third kappa shape index (κ3) is 1.09. The van der Waals surface area contributed by atoms with Crippen LogP contribution in [0, 0.1) is 5.92 Å². The van der Waals surface area contributed by atoms with Gasteiger partial charge in [0.15, 0.2) is 0 Å². The Hall–Kier alpha value is -0.330. The minimum Gasteiger partial charge on any atom is -0.297 e. The zero-order valence-corrected chi connectivity index (χ0v) is 5.65. The first-order valence-electron chi connectivity index (χ1n) is 3.34. The molecule has 1 heteroatoms. The van der Waals surface area contributed by atoms with Crippen molar-refractivity contribution in [1.82, 2.24) is 0 Å². The highest BCUT2D eigenvalue weighted by Gasteiger charge is 2.25. The minimum absolute atomic E-state index is 0.880. The molecule has 0 N–H and O–H groups in total. The summed E-state index contributed by atoms with van der Waals surface area (Å²) in [5.41, 5.74) is 1.42. The van der Waals surface area contributed by atoms with E-state index in [4.69, 9.17) is 0 Å². The zero-order valence-electron chi connectivity index (χ0n) is 5.65. The minimum atomic E-state index is 0.880. The molecule has 0 bridgehead atoms. The molecule has 0 aromatic rings. The van der Waals surface area contributed by atoms with Crippen molar-refractivity contribution in [1.29, 1.82) is 0 Å². The summed E-state index contributed by atoms with van der Waals surface area (Å²) in [7, 11) is 1.90. The van der Waals surface area contributed by atoms with Gasteiger partial charge in [0.25, 0.3) is 0 Å². The van der Waals surface area contributed by atoms with Crippen LogP contribution in [0.25, 0.3) is 0 Å². The molecule has 0 aliphatic heterocycles. The van der Waals surface area contributed by atoms with E-state index in [1.54, 1.807) is 0 Å². The fourth-order valence-corrected chi connectivity index (χ4v) is 1.05. The molecule has 8 heavy (non-hydrogen) atoms. The van der Waals surface area contributed by atoms with Crippen molar-refractivity contribution in [2.75, 3.05) is 7.05 Å². The Morgan fingerprint density at radius 1 is 1.62 bits per heavy atom. The largest absolute Gasteiger partial charge is 0.297 e. The van der Waals surface area contributed by atoms with Crippen LogP contribution in [0.5, 0.6) is 0 Å². The predicted molar refractivity (Wildman–Crippen MR) is 36.4 cm³/mol. The summed E-state index contributed by atoms with van der Waals surface area (Å²) in [6.45, 7) is 2.18. The van der Waals surface area contributed by atoms with Crippen LogP contribution in [0.1, 0.15) is 26.2 Å². The molecule has 0 heterocycles. The molecule has 1 fully saturated rings. The fraction of sp³-hybridized carbons (Fsp3) is 0.857. The first-order chi connectivity index (χ1) is 3.88. The van der Waals surface area contributed by atoms with Gasteiger partial charge in [0.2, 0.25) is 0 Å². The number of hydrogen-bond donors (Lipinski definition) is 0. The van der Waals surface area contributed by atoms with E-state index in [2.05, 4.69) is 11.9 Å². The highest BCUT2D eigenvalue weighted by molar-refractivity contribution is 5.88. The van der Waals surface area contributed by atoms with Gasteiger partial charge in [0, 0.05) is 12.8 Å². The molecule has 0 aromatic heterocycles. The van der Waals surface area contributed by atoms with Crippen LogP contribution in [-0.2, 0) is 0 Å². The molecule has 1 saturated carbocycles. The standard InChI is InChI=1S/C7H13N/c1-3-7(8-2)6-4-5-6/h6H,3-5H2,1-2H3/b8-7-. The maximum Gasteiger partial charge on any atom is 0.0276 e. The zero-order chi connectivity index (χ0) is 5.98. The van der Waals surface area contributed by atoms with Crippen molar-refractivity contribution in [3.05, 3.63) is 0 Å². The van der Waals surface area contributed by atoms with E-state index < -0.39 is 0 Å². The van der Waals surface area contributed by atoms with E-state index in [9.17, 15) is 0 Å². The second-order valence-electron chi connectivity index (χ2n) is 2.34. The van der Waals surface area contributed by atoms with Gasteiger partial charge < -0.3 is 0 Å². The van der Waals surface area contributed by atoms with Crippen molar-refractivity contribution in [2.45, 2.75) is 26.2 Å². The van der Waals surface area contributed by atoms with Gasteiger partial charge in [-0.2, -0.15) is 0 Å². The van der Waals surface area contributed by atoms with E-state index in [0.29, 0.717) is 0 Å². The van der Waals surface area contributed by atoms with Gasteiger partial charge >= 0.3 is 0 Å². The average Bonchev–Trinajstić information content (AvgIpc) is 2.53. The Balaban J connectivity index is 2.37. The monoisotopic (exact) mass is 111 g/mol. The predicted octanol–water partition coefficient (Wildman–Crippen LogP) is 1.88. The first-order valence-corrected chi connectivity index (χ1v) is 3.34. The van der Waals surface area contributed by atoms with Crippen molar-refractivity contribution >= 4 is 5.71 Å². The lowest BCUT2D eigenvalue weighted by Crippen LogP contribution is -1.96. The maximum absolute atomic E-state index is 4.19. The Kier molecular flexibility index (Phi) is 1.66. The molecule has 1 rings (SSSR count). The molecule has 0 atom stereocenters. The summed E-state index contributed by atoms with van der Waals surface area (Å²) in [6, 6.07) is 0. The van der Waals surface area contributed by atoms with E-state index in [1.807, 2.05) is 7.05 Å². The van der Waals surface area contributed by atoms with Crippen molar-refractivity contribution in [2.24, 2.45) is 10.9 Å². The van der Waals surface area contributed by atoms with Crippen LogP contribution in [-0.4, -0.2) is 12.8 Å². The highest BCUT2D eigenvalue weighted by Crippen LogP contribution is 2.31. The lowest BCUT2D eigenvalue weighted by molar-refractivity contribution is 1.08. The van der Waals surface area contributed by atoms with Gasteiger partial charge in [0.1, 0.15) is 0 Å². The molecule has 0 unspecified atom stereocenters. The fourth-order valence-electron chi connectivity index (χ4n) is 1.05. The van der Waals surface area contributed by atoms with Gasteiger partial charge in [-0.3, -0.25) is 4.99 Å². The summed E-state index contributed by atoms with van der Waals surface area (Å²) in [6.07, 6.45) is 3.93. The Labute approximate surface area is 50.8 Å². The van der Waals surface area contributed by atoms with Gasteiger partial charge in [-0.25, -0.2) is 0 Å². The van der Waals surface area contributed by atoms with Crippen LogP contribution < -0.4 is 0 Å². The van der Waals surface area contributed by atoms with E-state index in [1.165, 1.54) is 18.6 Å². The van der Waals surface area contributed by atoms with Gasteiger partial charge in [-0.15, -0.1) is 0 Å². The van der Waals surface area contributed by atoms with Crippen molar-refractivity contribution in [3.63, 3.8) is 0 Å². The maximum atomic E-state index is 4.19. The van der Waals surface area contributed by atoms with Crippen LogP contribution >= 0.6 is 0 Å². The molecule has 46 valence electrons. The smallest absolute Gasteiger partial charge is 0.0276 e. The summed E-state index contributed by atoms with van der Waals surface area (Å²) >= 11 is 0. The Morgan fingerprint density at radius 2 is 2.25 bits per heavy atom. The van der Waals surface area contributed by atoms with Gasteiger partial charge in [0.05, 0.1) is 0 Å². The van der Waals surface area contributed by atoms with Crippen LogP contribution in [0.2, 0.25) is 0 Å². The molecule has 1 nitrogen and oxygen atoms in total. The van der Waals surface area contributed by atoms with Crippen molar-refractivity contribution < 1.29 is 0 Å².